The Bertz CT molecular complexity index is 1250. The summed E-state index contributed by atoms with van der Waals surface area (Å²) in [6.45, 7) is 6.45. The standard InChI is InChI=1S/C22H22N8O2/c1-22(2,3)16-11-9-14(10-12-16)13-24-26-21(31)17-18(15-7-5-4-6-8-15)30(29-25-17)20-19(23)27-32-28-20/h4-13H,1-3H3,(H2,23,27)(H,26,31)/b24-13+. The molecule has 10 heteroatoms. The minimum atomic E-state index is -0.535. The van der Waals surface area contributed by atoms with Gasteiger partial charge in [-0.25, -0.2) is 10.1 Å². The molecule has 4 rings (SSSR count). The molecule has 10 nitrogen and oxygen atoms in total. The number of amides is 1. The number of hydrazone groups is 1. The molecule has 0 unspecified atom stereocenters. The minimum Gasteiger partial charge on any atom is -0.378 e. The van der Waals surface area contributed by atoms with Crippen LogP contribution in [0.3, 0.4) is 0 Å². The number of aromatic nitrogens is 5. The summed E-state index contributed by atoms with van der Waals surface area (Å²) in [5.74, 6) is -0.374. The molecule has 0 saturated carbocycles. The Morgan fingerprint density at radius 3 is 2.44 bits per heavy atom. The number of carbonyl (C=O) groups excluding carboxylic acids is 1. The average Bonchev–Trinajstić information content (AvgIpc) is 3.40. The zero-order valence-corrected chi connectivity index (χ0v) is 17.9. The van der Waals surface area contributed by atoms with Crippen molar-refractivity contribution < 1.29 is 9.42 Å². The number of hydrogen-bond donors (Lipinski definition) is 2. The maximum Gasteiger partial charge on any atom is 0.294 e. The topological polar surface area (TPSA) is 137 Å². The van der Waals surface area contributed by atoms with Crippen LogP contribution in [0.2, 0.25) is 0 Å². The quantitative estimate of drug-likeness (QED) is 0.367. The number of benzene rings is 2. The van der Waals surface area contributed by atoms with Gasteiger partial charge in [-0.3, -0.25) is 4.79 Å². The van der Waals surface area contributed by atoms with Crippen LogP contribution in [-0.4, -0.2) is 37.4 Å². The lowest BCUT2D eigenvalue weighted by Gasteiger charge is -2.18. The molecule has 0 saturated heterocycles. The van der Waals surface area contributed by atoms with Crippen molar-refractivity contribution in [1.29, 1.82) is 0 Å². The maximum atomic E-state index is 12.9. The van der Waals surface area contributed by atoms with Gasteiger partial charge in [-0.15, -0.1) is 5.10 Å². The first-order valence-electron chi connectivity index (χ1n) is 9.88. The van der Waals surface area contributed by atoms with E-state index in [0.717, 1.165) is 5.56 Å². The molecule has 0 aliphatic heterocycles. The fourth-order valence-corrected chi connectivity index (χ4v) is 3.06. The van der Waals surface area contributed by atoms with Gasteiger partial charge < -0.3 is 5.73 Å². The molecule has 0 aliphatic rings. The van der Waals surface area contributed by atoms with Gasteiger partial charge in [0, 0.05) is 5.56 Å². The van der Waals surface area contributed by atoms with Crippen molar-refractivity contribution in [2.75, 3.05) is 5.73 Å². The summed E-state index contributed by atoms with van der Waals surface area (Å²) in [7, 11) is 0. The molecular weight excluding hydrogens is 408 g/mol. The van der Waals surface area contributed by atoms with Gasteiger partial charge in [-0.1, -0.05) is 80.6 Å². The first-order chi connectivity index (χ1) is 15.3. The van der Waals surface area contributed by atoms with Gasteiger partial charge in [-0.2, -0.15) is 9.78 Å². The third kappa shape index (κ3) is 4.24. The van der Waals surface area contributed by atoms with Crippen LogP contribution in [0.1, 0.15) is 42.4 Å². The molecule has 1 amide bonds. The number of nitrogens with two attached hydrogens (primary N) is 1. The SMILES string of the molecule is CC(C)(C)c1ccc(/C=N/NC(=O)c2nnn(-c3nonc3N)c2-c2ccccc2)cc1. The third-order valence-electron chi connectivity index (χ3n) is 4.79. The van der Waals surface area contributed by atoms with Crippen LogP contribution in [0.25, 0.3) is 17.1 Å². The Morgan fingerprint density at radius 2 is 1.81 bits per heavy atom. The zero-order chi connectivity index (χ0) is 22.7. The van der Waals surface area contributed by atoms with Crippen molar-refractivity contribution in [3.05, 3.63) is 71.4 Å². The number of hydrogen-bond acceptors (Lipinski definition) is 8. The number of nitrogen functional groups attached to an aromatic ring is 1. The molecule has 0 radical (unpaired) electrons. The van der Waals surface area contributed by atoms with Crippen molar-refractivity contribution in [3.63, 3.8) is 0 Å². The molecule has 0 fully saturated rings. The predicted molar refractivity (Wildman–Crippen MR) is 119 cm³/mol. The van der Waals surface area contributed by atoms with Crippen LogP contribution in [0, 0.1) is 0 Å². The smallest absolute Gasteiger partial charge is 0.294 e. The predicted octanol–water partition coefficient (Wildman–Crippen LogP) is 2.96. The van der Waals surface area contributed by atoms with Gasteiger partial charge in [0.15, 0.2) is 5.69 Å². The molecule has 0 aliphatic carbocycles. The number of rotatable bonds is 5. The highest BCUT2D eigenvalue weighted by molar-refractivity contribution is 5.98. The van der Waals surface area contributed by atoms with E-state index < -0.39 is 5.91 Å². The first kappa shape index (κ1) is 20.9. The van der Waals surface area contributed by atoms with Gasteiger partial charge >= 0.3 is 0 Å². The van der Waals surface area contributed by atoms with Crippen molar-refractivity contribution in [2.45, 2.75) is 26.2 Å². The van der Waals surface area contributed by atoms with E-state index in [1.807, 2.05) is 54.6 Å². The molecule has 2 heterocycles. The summed E-state index contributed by atoms with van der Waals surface area (Å²) in [6, 6.07) is 17.1. The van der Waals surface area contributed by atoms with Gasteiger partial charge in [0.05, 0.1) is 6.21 Å². The summed E-state index contributed by atoms with van der Waals surface area (Å²) < 4.78 is 5.98. The van der Waals surface area contributed by atoms with E-state index >= 15 is 0 Å². The Balaban J connectivity index is 1.60. The minimum absolute atomic E-state index is 0.0239. The average molecular weight is 430 g/mol. The summed E-state index contributed by atoms with van der Waals surface area (Å²) >= 11 is 0. The van der Waals surface area contributed by atoms with Crippen molar-refractivity contribution in [1.82, 2.24) is 30.7 Å². The highest BCUT2D eigenvalue weighted by Crippen LogP contribution is 2.26. The van der Waals surface area contributed by atoms with E-state index in [-0.39, 0.29) is 22.7 Å². The molecule has 2 aromatic carbocycles. The van der Waals surface area contributed by atoms with Crippen LogP contribution in [0.4, 0.5) is 5.82 Å². The first-order valence-corrected chi connectivity index (χ1v) is 9.88. The fourth-order valence-electron chi connectivity index (χ4n) is 3.06. The Kier molecular flexibility index (Phi) is 5.50. The number of nitrogens with one attached hydrogen (secondary N) is 1. The van der Waals surface area contributed by atoms with E-state index in [1.165, 1.54) is 10.2 Å². The zero-order valence-electron chi connectivity index (χ0n) is 17.9. The molecule has 0 atom stereocenters. The monoisotopic (exact) mass is 430 g/mol. The Hall–Kier alpha value is -4.34. The fraction of sp³-hybridized carbons (Fsp3) is 0.182. The summed E-state index contributed by atoms with van der Waals surface area (Å²) in [5, 5.41) is 19.4. The van der Waals surface area contributed by atoms with E-state index in [9.17, 15) is 4.79 Å². The van der Waals surface area contributed by atoms with Crippen LogP contribution in [-0.2, 0) is 5.41 Å². The molecular formula is C22H22N8O2. The molecule has 0 bridgehead atoms. The molecule has 4 aromatic rings. The van der Waals surface area contributed by atoms with Gasteiger partial charge in [0.2, 0.25) is 11.6 Å². The van der Waals surface area contributed by atoms with Crippen molar-refractivity contribution >= 4 is 17.9 Å². The van der Waals surface area contributed by atoms with Crippen molar-refractivity contribution in [2.24, 2.45) is 5.10 Å². The lowest BCUT2D eigenvalue weighted by Crippen LogP contribution is -2.19. The molecule has 3 N–H and O–H groups in total. The van der Waals surface area contributed by atoms with Gasteiger partial charge in [0.25, 0.3) is 5.91 Å². The third-order valence-corrected chi connectivity index (χ3v) is 4.79. The Labute approximate surface area is 184 Å². The number of carbonyl (C=O) groups is 1. The van der Waals surface area contributed by atoms with E-state index in [0.29, 0.717) is 11.3 Å². The number of nitrogens with zero attached hydrogens (tertiary/aromatic N) is 6. The van der Waals surface area contributed by atoms with Crippen LogP contribution in [0.15, 0.2) is 64.3 Å². The molecule has 32 heavy (non-hydrogen) atoms. The van der Waals surface area contributed by atoms with E-state index in [4.69, 9.17) is 5.73 Å². The second kappa shape index (κ2) is 8.42. The summed E-state index contributed by atoms with van der Waals surface area (Å²) in [5.41, 5.74) is 11.6. The van der Waals surface area contributed by atoms with Gasteiger partial charge in [0.1, 0.15) is 5.69 Å². The van der Waals surface area contributed by atoms with E-state index in [2.05, 4.69) is 56.6 Å². The Morgan fingerprint density at radius 1 is 1.09 bits per heavy atom. The summed E-state index contributed by atoms with van der Waals surface area (Å²) in [4.78, 5) is 12.9. The van der Waals surface area contributed by atoms with Crippen LogP contribution >= 0.6 is 0 Å². The highest BCUT2D eigenvalue weighted by Gasteiger charge is 2.25. The maximum absolute atomic E-state index is 12.9. The summed E-state index contributed by atoms with van der Waals surface area (Å²) in [6.07, 6.45) is 1.57. The molecule has 0 spiro atoms. The molecule has 162 valence electrons. The van der Waals surface area contributed by atoms with Crippen LogP contribution < -0.4 is 11.2 Å². The van der Waals surface area contributed by atoms with Crippen LogP contribution in [0.5, 0.6) is 0 Å². The molecule has 2 aromatic heterocycles. The van der Waals surface area contributed by atoms with Gasteiger partial charge in [-0.05, 0) is 26.9 Å². The normalized spacial score (nSPS) is 11.7. The largest absolute Gasteiger partial charge is 0.378 e. The second-order valence-electron chi connectivity index (χ2n) is 8.11. The van der Waals surface area contributed by atoms with Crippen molar-refractivity contribution in [3.8, 4) is 17.1 Å². The lowest BCUT2D eigenvalue weighted by molar-refractivity contribution is 0.0950. The second-order valence-corrected chi connectivity index (χ2v) is 8.11. The van der Waals surface area contributed by atoms with E-state index in [1.54, 1.807) is 6.21 Å². The highest BCUT2D eigenvalue weighted by atomic mass is 16.6. The lowest BCUT2D eigenvalue weighted by atomic mass is 9.87. The number of anilines is 1.